The van der Waals surface area contributed by atoms with Gasteiger partial charge in [-0.2, -0.15) is 11.8 Å². The summed E-state index contributed by atoms with van der Waals surface area (Å²) in [6.45, 7) is 3.01. The van der Waals surface area contributed by atoms with Gasteiger partial charge in [-0.3, -0.25) is 0 Å². The molecule has 5 nitrogen and oxygen atoms in total. The number of nitrogens with one attached hydrogen (secondary N) is 1. The van der Waals surface area contributed by atoms with E-state index < -0.39 is 6.10 Å². The van der Waals surface area contributed by atoms with Gasteiger partial charge in [-0.15, -0.1) is 0 Å². The number of hydrogen-bond acceptors (Lipinski definition) is 6. The van der Waals surface area contributed by atoms with Gasteiger partial charge < -0.3 is 25.0 Å². The molecular formula is C14H21NO4S. The standard InChI is InChI=1S/C14H21NO4S/c1-2-15-12(8-20-7-11(17)6-16)10-3-4-13-14(5-10)19-9-18-13/h3-5,11-12,15-17H,2,6-9H2,1H3. The maximum Gasteiger partial charge on any atom is 0.231 e. The van der Waals surface area contributed by atoms with Crippen molar-refractivity contribution in [3.8, 4) is 11.5 Å². The van der Waals surface area contributed by atoms with Gasteiger partial charge in [0.15, 0.2) is 11.5 Å². The van der Waals surface area contributed by atoms with E-state index in [1.54, 1.807) is 11.8 Å². The highest BCUT2D eigenvalue weighted by Gasteiger charge is 2.18. The monoisotopic (exact) mass is 299 g/mol. The lowest BCUT2D eigenvalue weighted by atomic mass is 10.1. The van der Waals surface area contributed by atoms with Crippen molar-refractivity contribution in [1.29, 1.82) is 0 Å². The summed E-state index contributed by atoms with van der Waals surface area (Å²) in [5.74, 6) is 2.92. The van der Waals surface area contributed by atoms with Crippen molar-refractivity contribution in [2.45, 2.75) is 19.1 Å². The number of hydrogen-bond donors (Lipinski definition) is 3. The van der Waals surface area contributed by atoms with E-state index in [1.165, 1.54) is 0 Å². The molecule has 1 aliphatic heterocycles. The van der Waals surface area contributed by atoms with Gasteiger partial charge >= 0.3 is 0 Å². The Balaban J connectivity index is 1.97. The Morgan fingerprint density at radius 3 is 2.85 bits per heavy atom. The molecule has 0 bridgehead atoms. The highest BCUT2D eigenvalue weighted by Crippen LogP contribution is 2.34. The van der Waals surface area contributed by atoms with E-state index in [2.05, 4.69) is 12.2 Å². The number of aliphatic hydroxyl groups is 2. The van der Waals surface area contributed by atoms with Crippen molar-refractivity contribution < 1.29 is 19.7 Å². The summed E-state index contributed by atoms with van der Waals surface area (Å²) in [6, 6.07) is 6.14. The largest absolute Gasteiger partial charge is 0.454 e. The third kappa shape index (κ3) is 4.02. The normalized spacial score (nSPS) is 16.1. The maximum absolute atomic E-state index is 9.37. The van der Waals surface area contributed by atoms with Crippen molar-refractivity contribution in [3.05, 3.63) is 23.8 Å². The lowest BCUT2D eigenvalue weighted by molar-refractivity contribution is 0.113. The van der Waals surface area contributed by atoms with E-state index in [0.717, 1.165) is 29.4 Å². The molecule has 112 valence electrons. The first-order valence-corrected chi connectivity index (χ1v) is 7.89. The van der Waals surface area contributed by atoms with E-state index in [0.29, 0.717) is 5.75 Å². The average Bonchev–Trinajstić information content (AvgIpc) is 2.93. The highest BCUT2D eigenvalue weighted by molar-refractivity contribution is 7.99. The molecule has 2 atom stereocenters. The van der Waals surface area contributed by atoms with Gasteiger partial charge in [-0.1, -0.05) is 13.0 Å². The number of ether oxygens (including phenoxy) is 2. The van der Waals surface area contributed by atoms with E-state index in [1.807, 2.05) is 18.2 Å². The lowest BCUT2D eigenvalue weighted by Crippen LogP contribution is -2.24. The van der Waals surface area contributed by atoms with E-state index >= 15 is 0 Å². The molecule has 3 N–H and O–H groups in total. The summed E-state index contributed by atoms with van der Waals surface area (Å²) in [4.78, 5) is 0. The fraction of sp³-hybridized carbons (Fsp3) is 0.571. The topological polar surface area (TPSA) is 71.0 Å². The Morgan fingerprint density at radius 2 is 2.10 bits per heavy atom. The molecule has 1 aromatic rings. The van der Waals surface area contributed by atoms with Gasteiger partial charge in [0, 0.05) is 17.5 Å². The first-order chi connectivity index (χ1) is 9.74. The first kappa shape index (κ1) is 15.4. The number of thioether (sulfide) groups is 1. The number of aliphatic hydroxyl groups excluding tert-OH is 2. The molecule has 0 radical (unpaired) electrons. The molecule has 0 saturated heterocycles. The van der Waals surface area contributed by atoms with Crippen LogP contribution >= 0.6 is 11.8 Å². The highest BCUT2D eigenvalue weighted by atomic mass is 32.2. The minimum absolute atomic E-state index is 0.186. The fourth-order valence-corrected chi connectivity index (χ4v) is 3.08. The molecular weight excluding hydrogens is 278 g/mol. The van der Waals surface area contributed by atoms with Crippen LogP contribution in [0.25, 0.3) is 0 Å². The van der Waals surface area contributed by atoms with Crippen LogP contribution in [-0.2, 0) is 0 Å². The molecule has 20 heavy (non-hydrogen) atoms. The summed E-state index contributed by atoms with van der Waals surface area (Å²) in [5, 5.41) is 21.6. The second-order valence-electron chi connectivity index (χ2n) is 4.60. The predicted octanol–water partition coefficient (Wildman–Crippen LogP) is 1.15. The maximum atomic E-state index is 9.37. The van der Waals surface area contributed by atoms with E-state index in [-0.39, 0.29) is 19.4 Å². The van der Waals surface area contributed by atoms with Crippen LogP contribution < -0.4 is 14.8 Å². The summed E-state index contributed by atoms with van der Waals surface area (Å²) in [7, 11) is 0. The second kappa shape index (κ2) is 7.73. The number of benzene rings is 1. The Kier molecular flexibility index (Phi) is 5.97. The molecule has 0 aliphatic carbocycles. The zero-order chi connectivity index (χ0) is 14.4. The van der Waals surface area contributed by atoms with Crippen molar-refractivity contribution in [2.75, 3.05) is 31.5 Å². The summed E-state index contributed by atoms with van der Waals surface area (Å²) >= 11 is 1.62. The second-order valence-corrected chi connectivity index (χ2v) is 5.67. The van der Waals surface area contributed by atoms with E-state index in [9.17, 15) is 5.11 Å². The SMILES string of the molecule is CCNC(CSCC(O)CO)c1ccc2c(c1)OCO2. The van der Waals surface area contributed by atoms with Gasteiger partial charge in [0.1, 0.15) is 0 Å². The van der Waals surface area contributed by atoms with Gasteiger partial charge in [-0.05, 0) is 24.2 Å². The Bertz CT molecular complexity index is 430. The molecule has 6 heteroatoms. The van der Waals surface area contributed by atoms with Crippen LogP contribution in [0.15, 0.2) is 18.2 Å². The Labute approximate surface area is 123 Å². The molecule has 0 spiro atoms. The van der Waals surface area contributed by atoms with Crippen LogP contribution in [0.3, 0.4) is 0 Å². The van der Waals surface area contributed by atoms with Crippen molar-refractivity contribution >= 4 is 11.8 Å². The summed E-state index contributed by atoms with van der Waals surface area (Å²) < 4.78 is 10.7. The van der Waals surface area contributed by atoms with Gasteiger partial charge in [0.2, 0.25) is 6.79 Å². The Hall–Kier alpha value is -0.950. The Morgan fingerprint density at radius 1 is 1.30 bits per heavy atom. The average molecular weight is 299 g/mol. The first-order valence-electron chi connectivity index (χ1n) is 6.74. The summed E-state index contributed by atoms with van der Waals surface area (Å²) in [6.07, 6.45) is -0.654. The van der Waals surface area contributed by atoms with Crippen molar-refractivity contribution in [1.82, 2.24) is 5.32 Å². The van der Waals surface area contributed by atoms with Crippen LogP contribution in [0.5, 0.6) is 11.5 Å². The summed E-state index contributed by atoms with van der Waals surface area (Å²) in [5.41, 5.74) is 1.14. The molecule has 2 rings (SSSR count). The van der Waals surface area contributed by atoms with Crippen LogP contribution in [0, 0.1) is 0 Å². The van der Waals surface area contributed by atoms with Gasteiger partial charge in [0.05, 0.1) is 12.7 Å². The molecule has 1 aromatic carbocycles. The van der Waals surface area contributed by atoms with Crippen LogP contribution in [0.2, 0.25) is 0 Å². The number of rotatable bonds is 8. The van der Waals surface area contributed by atoms with Crippen LogP contribution in [0.4, 0.5) is 0 Å². The third-order valence-electron chi connectivity index (χ3n) is 3.06. The van der Waals surface area contributed by atoms with Crippen LogP contribution in [-0.4, -0.2) is 47.8 Å². The smallest absolute Gasteiger partial charge is 0.231 e. The predicted molar refractivity (Wildman–Crippen MR) is 79.4 cm³/mol. The molecule has 0 amide bonds. The van der Waals surface area contributed by atoms with Gasteiger partial charge in [-0.25, -0.2) is 0 Å². The van der Waals surface area contributed by atoms with Crippen molar-refractivity contribution in [3.63, 3.8) is 0 Å². The molecule has 0 saturated carbocycles. The molecule has 1 heterocycles. The minimum atomic E-state index is -0.654. The molecule has 0 aromatic heterocycles. The van der Waals surface area contributed by atoms with Gasteiger partial charge in [0.25, 0.3) is 0 Å². The molecule has 2 unspecified atom stereocenters. The zero-order valence-corrected chi connectivity index (χ0v) is 12.4. The number of fused-ring (bicyclic) bond motifs is 1. The minimum Gasteiger partial charge on any atom is -0.454 e. The van der Waals surface area contributed by atoms with E-state index in [4.69, 9.17) is 14.6 Å². The fourth-order valence-electron chi connectivity index (χ4n) is 2.02. The zero-order valence-electron chi connectivity index (χ0n) is 11.5. The van der Waals surface area contributed by atoms with Crippen molar-refractivity contribution in [2.24, 2.45) is 0 Å². The molecule has 1 aliphatic rings. The third-order valence-corrected chi connectivity index (χ3v) is 4.24. The molecule has 0 fully saturated rings. The van der Waals surface area contributed by atoms with Crippen LogP contribution in [0.1, 0.15) is 18.5 Å². The lowest BCUT2D eigenvalue weighted by Gasteiger charge is -2.19. The quantitative estimate of drug-likeness (QED) is 0.669.